The van der Waals surface area contributed by atoms with Crippen molar-refractivity contribution in [1.29, 1.82) is 0 Å². The van der Waals surface area contributed by atoms with Gasteiger partial charge in [0.1, 0.15) is 11.3 Å². The Balaban J connectivity index is 2.19. The van der Waals surface area contributed by atoms with Crippen molar-refractivity contribution >= 4 is 34.6 Å². The summed E-state index contributed by atoms with van der Waals surface area (Å²) in [6.07, 6.45) is 0.481. The van der Waals surface area contributed by atoms with Gasteiger partial charge in [-0.15, -0.1) is 0 Å². The Hall–Kier alpha value is -1.08. The molecule has 1 atom stereocenters. The summed E-state index contributed by atoms with van der Waals surface area (Å²) in [5, 5.41) is 24.2. The standard InChI is InChI=1S/C11H12Cl2N2O4/c12-7-3-9(10(15(17)18)4-8(7)13)14-5-11(16)1-2-19-6-11/h3-4,14,16H,1-2,5-6H2. The lowest BCUT2D eigenvalue weighted by Crippen LogP contribution is -2.37. The molecular weight excluding hydrogens is 295 g/mol. The zero-order valence-electron chi connectivity index (χ0n) is 9.86. The van der Waals surface area contributed by atoms with Gasteiger partial charge in [-0.05, 0) is 6.07 Å². The highest BCUT2D eigenvalue weighted by molar-refractivity contribution is 6.42. The fourth-order valence-electron chi connectivity index (χ4n) is 1.82. The normalized spacial score (nSPS) is 22.5. The molecule has 2 rings (SSSR count). The van der Waals surface area contributed by atoms with Gasteiger partial charge >= 0.3 is 0 Å². The Kier molecular flexibility index (Phi) is 4.15. The lowest BCUT2D eigenvalue weighted by Gasteiger charge is -2.21. The van der Waals surface area contributed by atoms with Crippen molar-refractivity contribution in [2.24, 2.45) is 0 Å². The summed E-state index contributed by atoms with van der Waals surface area (Å²) in [5.41, 5.74) is -0.975. The van der Waals surface area contributed by atoms with Crippen LogP contribution in [0.4, 0.5) is 11.4 Å². The molecule has 2 N–H and O–H groups in total. The maximum Gasteiger partial charge on any atom is 0.293 e. The fourth-order valence-corrected chi connectivity index (χ4v) is 2.15. The number of halogens is 2. The van der Waals surface area contributed by atoms with Crippen LogP contribution in [0.2, 0.25) is 10.0 Å². The van der Waals surface area contributed by atoms with Gasteiger partial charge in [0.2, 0.25) is 0 Å². The van der Waals surface area contributed by atoms with E-state index in [-0.39, 0.29) is 34.6 Å². The molecule has 19 heavy (non-hydrogen) atoms. The van der Waals surface area contributed by atoms with Crippen molar-refractivity contribution in [2.45, 2.75) is 12.0 Å². The van der Waals surface area contributed by atoms with Crippen LogP contribution in [-0.4, -0.2) is 35.4 Å². The number of aliphatic hydroxyl groups is 1. The van der Waals surface area contributed by atoms with E-state index in [4.69, 9.17) is 27.9 Å². The van der Waals surface area contributed by atoms with Gasteiger partial charge < -0.3 is 15.2 Å². The number of benzene rings is 1. The lowest BCUT2D eigenvalue weighted by molar-refractivity contribution is -0.383. The predicted octanol–water partition coefficient (Wildman–Crippen LogP) is 2.46. The maximum absolute atomic E-state index is 10.9. The van der Waals surface area contributed by atoms with Crippen molar-refractivity contribution in [2.75, 3.05) is 25.1 Å². The molecule has 6 nitrogen and oxygen atoms in total. The van der Waals surface area contributed by atoms with Crippen molar-refractivity contribution < 1.29 is 14.8 Å². The highest BCUT2D eigenvalue weighted by Gasteiger charge is 2.32. The number of nitrogens with zero attached hydrogens (tertiary/aromatic N) is 1. The fraction of sp³-hybridized carbons (Fsp3) is 0.455. The molecule has 0 spiro atoms. The predicted molar refractivity (Wildman–Crippen MR) is 72.0 cm³/mol. The number of anilines is 1. The smallest absolute Gasteiger partial charge is 0.293 e. The van der Waals surface area contributed by atoms with Gasteiger partial charge in [-0.25, -0.2) is 0 Å². The number of hydrogen-bond donors (Lipinski definition) is 2. The molecule has 1 saturated heterocycles. The third kappa shape index (κ3) is 3.27. The molecule has 8 heteroatoms. The average Bonchev–Trinajstić information content (AvgIpc) is 2.77. The number of rotatable bonds is 4. The molecule has 0 saturated carbocycles. The van der Waals surface area contributed by atoms with E-state index in [1.165, 1.54) is 12.1 Å². The van der Waals surface area contributed by atoms with Crippen LogP contribution in [0.25, 0.3) is 0 Å². The molecule has 104 valence electrons. The zero-order valence-corrected chi connectivity index (χ0v) is 11.4. The van der Waals surface area contributed by atoms with E-state index >= 15 is 0 Å². The molecule has 1 unspecified atom stereocenters. The van der Waals surface area contributed by atoms with E-state index < -0.39 is 10.5 Å². The summed E-state index contributed by atoms with van der Waals surface area (Å²) < 4.78 is 5.10. The first kappa shape index (κ1) is 14.3. The van der Waals surface area contributed by atoms with E-state index in [0.29, 0.717) is 13.0 Å². The van der Waals surface area contributed by atoms with Crippen LogP contribution >= 0.6 is 23.2 Å². The molecule has 0 amide bonds. The van der Waals surface area contributed by atoms with Crippen molar-refractivity contribution in [3.05, 3.63) is 32.3 Å². The number of nitro groups is 1. The molecule has 0 aromatic heterocycles. The molecule has 1 aromatic carbocycles. The van der Waals surface area contributed by atoms with Crippen molar-refractivity contribution in [1.82, 2.24) is 0 Å². The molecule has 1 aliphatic heterocycles. The molecule has 0 radical (unpaired) electrons. The third-order valence-electron chi connectivity index (χ3n) is 2.93. The second-order valence-corrected chi connectivity index (χ2v) is 5.24. The van der Waals surface area contributed by atoms with Gasteiger partial charge in [-0.3, -0.25) is 10.1 Å². The largest absolute Gasteiger partial charge is 0.386 e. The quantitative estimate of drug-likeness (QED) is 0.659. The van der Waals surface area contributed by atoms with E-state index in [1.54, 1.807) is 0 Å². The van der Waals surface area contributed by atoms with Crippen LogP contribution < -0.4 is 5.32 Å². The summed E-state index contributed by atoms with van der Waals surface area (Å²) in [5.74, 6) is 0. The van der Waals surface area contributed by atoms with Gasteiger partial charge in [0, 0.05) is 25.6 Å². The Bertz CT molecular complexity index is 504. The molecule has 0 aliphatic carbocycles. The Morgan fingerprint density at radius 2 is 2.16 bits per heavy atom. The first-order valence-corrected chi connectivity index (χ1v) is 6.34. The van der Waals surface area contributed by atoms with Crippen LogP contribution in [0.1, 0.15) is 6.42 Å². The molecule has 1 aromatic rings. The van der Waals surface area contributed by atoms with E-state index in [9.17, 15) is 15.2 Å². The zero-order chi connectivity index (χ0) is 14.0. The third-order valence-corrected chi connectivity index (χ3v) is 3.65. The second-order valence-electron chi connectivity index (χ2n) is 4.42. The highest BCUT2D eigenvalue weighted by Crippen LogP contribution is 2.34. The average molecular weight is 307 g/mol. The molecule has 1 fully saturated rings. The highest BCUT2D eigenvalue weighted by atomic mass is 35.5. The number of nitro benzene ring substituents is 1. The summed E-state index contributed by atoms with van der Waals surface area (Å²) in [6, 6.07) is 2.56. The Morgan fingerprint density at radius 3 is 2.74 bits per heavy atom. The van der Waals surface area contributed by atoms with Gasteiger partial charge in [-0.2, -0.15) is 0 Å². The first-order chi connectivity index (χ1) is 8.91. The lowest BCUT2D eigenvalue weighted by atomic mass is 10.0. The van der Waals surface area contributed by atoms with Crippen molar-refractivity contribution in [3.8, 4) is 0 Å². The SMILES string of the molecule is O=[N+]([O-])c1cc(Cl)c(Cl)cc1NCC1(O)CCOC1. The Morgan fingerprint density at radius 1 is 1.47 bits per heavy atom. The van der Waals surface area contributed by atoms with Gasteiger partial charge in [0.15, 0.2) is 0 Å². The summed E-state index contributed by atoms with van der Waals surface area (Å²) >= 11 is 11.6. The van der Waals surface area contributed by atoms with Gasteiger partial charge in [0.25, 0.3) is 5.69 Å². The second kappa shape index (κ2) is 5.50. The minimum absolute atomic E-state index is 0.113. The van der Waals surface area contributed by atoms with Crippen LogP contribution in [0.15, 0.2) is 12.1 Å². The topological polar surface area (TPSA) is 84.6 Å². The van der Waals surface area contributed by atoms with Crippen LogP contribution in [0.3, 0.4) is 0 Å². The molecule has 0 bridgehead atoms. The molecular formula is C11H12Cl2N2O4. The summed E-state index contributed by atoms with van der Waals surface area (Å²) in [4.78, 5) is 10.4. The van der Waals surface area contributed by atoms with Crippen LogP contribution in [0, 0.1) is 10.1 Å². The minimum atomic E-state index is -1.01. The van der Waals surface area contributed by atoms with Crippen molar-refractivity contribution in [3.63, 3.8) is 0 Å². The number of ether oxygens (including phenoxy) is 1. The summed E-state index contributed by atoms with van der Waals surface area (Å²) in [7, 11) is 0. The van der Waals surface area contributed by atoms with E-state index in [2.05, 4.69) is 5.32 Å². The van der Waals surface area contributed by atoms with Crippen LogP contribution in [0.5, 0.6) is 0 Å². The molecule has 1 heterocycles. The maximum atomic E-state index is 10.9. The minimum Gasteiger partial charge on any atom is -0.386 e. The molecule has 1 aliphatic rings. The van der Waals surface area contributed by atoms with E-state index in [1.807, 2.05) is 0 Å². The Labute approximate surface area is 119 Å². The first-order valence-electron chi connectivity index (χ1n) is 5.59. The number of nitrogens with one attached hydrogen (secondary N) is 1. The number of hydrogen-bond acceptors (Lipinski definition) is 5. The monoisotopic (exact) mass is 306 g/mol. The van der Waals surface area contributed by atoms with Crippen LogP contribution in [-0.2, 0) is 4.74 Å². The van der Waals surface area contributed by atoms with E-state index in [0.717, 1.165) is 0 Å². The van der Waals surface area contributed by atoms with Gasteiger partial charge in [-0.1, -0.05) is 23.2 Å². The van der Waals surface area contributed by atoms with Gasteiger partial charge in [0.05, 0.1) is 21.6 Å². The summed E-state index contributed by atoms with van der Waals surface area (Å²) in [6.45, 7) is 0.822.